The maximum absolute atomic E-state index is 12.1. The molecule has 0 radical (unpaired) electrons. The second-order valence-electron chi connectivity index (χ2n) is 4.84. The molecule has 1 amide bonds. The van der Waals surface area contributed by atoms with Crippen LogP contribution in [-0.2, 0) is 0 Å². The summed E-state index contributed by atoms with van der Waals surface area (Å²) in [6, 6.07) is 12.9. The number of nitrogens with one attached hydrogen (secondary N) is 1. The molecule has 20 heavy (non-hydrogen) atoms. The lowest BCUT2D eigenvalue weighted by Gasteiger charge is -2.15. The van der Waals surface area contributed by atoms with E-state index in [-0.39, 0.29) is 11.9 Å². The largest absolute Gasteiger partial charge is 0.398 e. The van der Waals surface area contributed by atoms with Gasteiger partial charge in [-0.05, 0) is 37.6 Å². The van der Waals surface area contributed by atoms with Crippen molar-refractivity contribution in [2.75, 3.05) is 5.73 Å². The summed E-state index contributed by atoms with van der Waals surface area (Å²) in [5.74, 6) is -0.167. The summed E-state index contributed by atoms with van der Waals surface area (Å²) in [6.07, 6.45) is 0. The predicted octanol–water partition coefficient (Wildman–Crippen LogP) is 3.72. The average molecular weight is 289 g/mol. The number of aryl methyl sites for hydroxylation is 1. The molecule has 1 atom stereocenters. The Morgan fingerprint density at radius 2 is 1.85 bits per heavy atom. The molecule has 0 unspecified atom stereocenters. The quantitative estimate of drug-likeness (QED) is 0.846. The Morgan fingerprint density at radius 1 is 1.20 bits per heavy atom. The molecule has 3 nitrogen and oxygen atoms in total. The van der Waals surface area contributed by atoms with Crippen molar-refractivity contribution in [3.05, 3.63) is 64.2 Å². The van der Waals surface area contributed by atoms with Gasteiger partial charge in [0.15, 0.2) is 0 Å². The molecule has 4 heteroatoms. The number of nitrogens with two attached hydrogens (primary N) is 1. The van der Waals surface area contributed by atoms with Crippen LogP contribution in [0.1, 0.15) is 34.5 Å². The molecule has 2 aromatic rings. The van der Waals surface area contributed by atoms with Gasteiger partial charge in [0.05, 0.1) is 16.8 Å². The summed E-state index contributed by atoms with van der Waals surface area (Å²) in [6.45, 7) is 3.98. The topological polar surface area (TPSA) is 55.1 Å². The van der Waals surface area contributed by atoms with Crippen LogP contribution in [0.5, 0.6) is 0 Å². The first kappa shape index (κ1) is 14.4. The van der Waals surface area contributed by atoms with E-state index in [4.69, 9.17) is 17.3 Å². The molecular formula is C16H17ClN2O. The summed E-state index contributed by atoms with van der Waals surface area (Å²) >= 11 is 5.92. The van der Waals surface area contributed by atoms with Crippen molar-refractivity contribution in [3.63, 3.8) is 0 Å². The van der Waals surface area contributed by atoms with E-state index >= 15 is 0 Å². The number of hydrogen-bond acceptors (Lipinski definition) is 2. The minimum absolute atomic E-state index is 0.0700. The van der Waals surface area contributed by atoms with Crippen LogP contribution >= 0.6 is 11.6 Å². The SMILES string of the molecule is Cc1ccc([C@H](C)NC(=O)c2ccc(N)c(Cl)c2)cc1. The van der Waals surface area contributed by atoms with Crippen LogP contribution in [0, 0.1) is 6.92 Å². The van der Waals surface area contributed by atoms with Crippen molar-refractivity contribution in [1.29, 1.82) is 0 Å². The van der Waals surface area contributed by atoms with E-state index in [9.17, 15) is 4.79 Å². The summed E-state index contributed by atoms with van der Waals surface area (Å²) in [5, 5.41) is 3.33. The van der Waals surface area contributed by atoms with Crippen LogP contribution in [-0.4, -0.2) is 5.91 Å². The molecule has 0 bridgehead atoms. The summed E-state index contributed by atoms with van der Waals surface area (Å²) in [7, 11) is 0. The molecule has 0 heterocycles. The Hall–Kier alpha value is -2.00. The Morgan fingerprint density at radius 3 is 2.45 bits per heavy atom. The third-order valence-corrected chi connectivity index (χ3v) is 3.51. The van der Waals surface area contributed by atoms with Crippen molar-refractivity contribution in [2.45, 2.75) is 19.9 Å². The number of carbonyl (C=O) groups is 1. The van der Waals surface area contributed by atoms with Crippen LogP contribution in [0.4, 0.5) is 5.69 Å². The molecule has 3 N–H and O–H groups in total. The lowest BCUT2D eigenvalue weighted by atomic mass is 10.1. The number of carbonyl (C=O) groups excluding carboxylic acids is 1. The van der Waals surface area contributed by atoms with Crippen molar-refractivity contribution in [3.8, 4) is 0 Å². The molecule has 0 aliphatic rings. The van der Waals surface area contributed by atoms with E-state index in [1.165, 1.54) is 5.56 Å². The van der Waals surface area contributed by atoms with Gasteiger partial charge < -0.3 is 11.1 Å². The van der Waals surface area contributed by atoms with E-state index in [0.29, 0.717) is 16.3 Å². The molecular weight excluding hydrogens is 272 g/mol. The first-order valence-corrected chi connectivity index (χ1v) is 6.77. The highest BCUT2D eigenvalue weighted by molar-refractivity contribution is 6.33. The summed E-state index contributed by atoms with van der Waals surface area (Å²) in [5.41, 5.74) is 8.85. The number of halogens is 1. The second-order valence-corrected chi connectivity index (χ2v) is 5.25. The molecule has 104 valence electrons. The monoisotopic (exact) mass is 288 g/mol. The van der Waals surface area contributed by atoms with E-state index in [1.54, 1.807) is 18.2 Å². The normalized spacial score (nSPS) is 11.9. The number of hydrogen-bond donors (Lipinski definition) is 2. The molecule has 2 aromatic carbocycles. The van der Waals surface area contributed by atoms with Gasteiger partial charge in [-0.15, -0.1) is 0 Å². The summed E-state index contributed by atoms with van der Waals surface area (Å²) in [4.78, 5) is 12.1. The average Bonchev–Trinajstić information content (AvgIpc) is 2.42. The molecule has 0 aliphatic carbocycles. The fraction of sp³-hybridized carbons (Fsp3) is 0.188. The fourth-order valence-corrected chi connectivity index (χ4v) is 2.07. The fourth-order valence-electron chi connectivity index (χ4n) is 1.89. The van der Waals surface area contributed by atoms with Gasteiger partial charge in [-0.25, -0.2) is 0 Å². The van der Waals surface area contributed by atoms with Crippen molar-refractivity contribution < 1.29 is 4.79 Å². The highest BCUT2D eigenvalue weighted by atomic mass is 35.5. The van der Waals surface area contributed by atoms with E-state index in [2.05, 4.69) is 5.32 Å². The first-order chi connectivity index (χ1) is 9.47. The summed E-state index contributed by atoms with van der Waals surface area (Å²) < 4.78 is 0. The van der Waals surface area contributed by atoms with Gasteiger partial charge in [-0.2, -0.15) is 0 Å². The lowest BCUT2D eigenvalue weighted by molar-refractivity contribution is 0.0940. The van der Waals surface area contributed by atoms with Crippen LogP contribution in [0.3, 0.4) is 0 Å². The van der Waals surface area contributed by atoms with Crippen LogP contribution < -0.4 is 11.1 Å². The molecule has 0 aliphatic heterocycles. The first-order valence-electron chi connectivity index (χ1n) is 6.40. The number of amides is 1. The van der Waals surface area contributed by atoms with Gasteiger partial charge in [-0.1, -0.05) is 41.4 Å². The van der Waals surface area contributed by atoms with E-state index in [0.717, 1.165) is 5.56 Å². The lowest BCUT2D eigenvalue weighted by Crippen LogP contribution is -2.26. The number of benzene rings is 2. The molecule has 0 saturated carbocycles. The molecule has 0 fully saturated rings. The number of nitrogen functional groups attached to an aromatic ring is 1. The minimum atomic E-state index is -0.167. The standard InChI is InChI=1S/C16H17ClN2O/c1-10-3-5-12(6-4-10)11(2)19-16(20)13-7-8-15(18)14(17)9-13/h3-9,11H,18H2,1-2H3,(H,19,20)/t11-/m0/s1. The Balaban J connectivity index is 2.10. The van der Waals surface area contributed by atoms with Crippen LogP contribution in [0.2, 0.25) is 5.02 Å². The van der Waals surface area contributed by atoms with Crippen LogP contribution in [0.15, 0.2) is 42.5 Å². The maximum Gasteiger partial charge on any atom is 0.251 e. The van der Waals surface area contributed by atoms with Crippen molar-refractivity contribution >= 4 is 23.2 Å². The van der Waals surface area contributed by atoms with Gasteiger partial charge in [0.1, 0.15) is 0 Å². The molecule has 2 rings (SSSR count). The highest BCUT2D eigenvalue weighted by Gasteiger charge is 2.12. The zero-order chi connectivity index (χ0) is 14.7. The maximum atomic E-state index is 12.1. The van der Waals surface area contributed by atoms with Gasteiger partial charge in [-0.3, -0.25) is 4.79 Å². The Labute approximate surface area is 123 Å². The minimum Gasteiger partial charge on any atom is -0.398 e. The van der Waals surface area contributed by atoms with E-state index in [1.807, 2.05) is 38.1 Å². The molecule has 0 aromatic heterocycles. The zero-order valence-electron chi connectivity index (χ0n) is 11.5. The zero-order valence-corrected chi connectivity index (χ0v) is 12.2. The predicted molar refractivity (Wildman–Crippen MR) is 82.9 cm³/mol. The molecule has 0 saturated heterocycles. The Kier molecular flexibility index (Phi) is 4.30. The van der Waals surface area contributed by atoms with E-state index < -0.39 is 0 Å². The van der Waals surface area contributed by atoms with Crippen molar-refractivity contribution in [1.82, 2.24) is 5.32 Å². The molecule has 0 spiro atoms. The number of rotatable bonds is 3. The third kappa shape index (κ3) is 3.31. The van der Waals surface area contributed by atoms with Gasteiger partial charge >= 0.3 is 0 Å². The number of anilines is 1. The van der Waals surface area contributed by atoms with Crippen LogP contribution in [0.25, 0.3) is 0 Å². The second kappa shape index (κ2) is 5.97. The van der Waals surface area contributed by atoms with Crippen molar-refractivity contribution in [2.24, 2.45) is 0 Å². The van der Waals surface area contributed by atoms with Gasteiger partial charge in [0, 0.05) is 5.56 Å². The third-order valence-electron chi connectivity index (χ3n) is 3.19. The smallest absolute Gasteiger partial charge is 0.251 e. The highest BCUT2D eigenvalue weighted by Crippen LogP contribution is 2.20. The Bertz CT molecular complexity index is 623. The van der Waals surface area contributed by atoms with Gasteiger partial charge in [0.2, 0.25) is 0 Å². The van der Waals surface area contributed by atoms with Gasteiger partial charge in [0.25, 0.3) is 5.91 Å².